The predicted molar refractivity (Wildman–Crippen MR) is 96.8 cm³/mol. The van der Waals surface area contributed by atoms with Gasteiger partial charge in [0.2, 0.25) is 11.8 Å². The highest BCUT2D eigenvalue weighted by atomic mass is 32.2. The number of carbonyl (C=O) groups excluding carboxylic acids is 1. The van der Waals surface area contributed by atoms with Crippen LogP contribution >= 0.6 is 11.8 Å². The Labute approximate surface area is 146 Å². The van der Waals surface area contributed by atoms with Crippen LogP contribution in [0.1, 0.15) is 18.5 Å². The van der Waals surface area contributed by atoms with Crippen molar-refractivity contribution in [2.24, 2.45) is 0 Å². The lowest BCUT2D eigenvalue weighted by Gasteiger charge is -2.31. The molecule has 2 aromatic rings. The molecule has 1 aliphatic heterocycles. The molecule has 2 heterocycles. The topological polar surface area (TPSA) is 58.4 Å². The summed E-state index contributed by atoms with van der Waals surface area (Å²) in [6.45, 7) is 1.99. The van der Waals surface area contributed by atoms with E-state index in [-0.39, 0.29) is 5.91 Å². The number of amides is 1. The summed E-state index contributed by atoms with van der Waals surface area (Å²) in [5, 5.41) is 3.33. The summed E-state index contributed by atoms with van der Waals surface area (Å²) in [7, 11) is 1.92. The van der Waals surface area contributed by atoms with E-state index < -0.39 is 0 Å². The first-order valence-corrected chi connectivity index (χ1v) is 9.43. The number of nitrogens with one attached hydrogen (secondary N) is 1. The van der Waals surface area contributed by atoms with E-state index in [1.807, 2.05) is 42.3 Å². The van der Waals surface area contributed by atoms with E-state index in [0.717, 1.165) is 37.2 Å². The second-order valence-corrected chi connectivity index (χ2v) is 6.97. The molecule has 1 aromatic heterocycles. The van der Waals surface area contributed by atoms with Crippen molar-refractivity contribution < 1.29 is 9.21 Å². The largest absolute Gasteiger partial charge is 0.444 e. The molecule has 3 rings (SSSR count). The van der Waals surface area contributed by atoms with Gasteiger partial charge in [0, 0.05) is 24.4 Å². The van der Waals surface area contributed by atoms with E-state index in [2.05, 4.69) is 10.3 Å². The van der Waals surface area contributed by atoms with E-state index in [0.29, 0.717) is 23.4 Å². The summed E-state index contributed by atoms with van der Waals surface area (Å²) >= 11 is 1.59. The second kappa shape index (κ2) is 8.35. The van der Waals surface area contributed by atoms with Gasteiger partial charge in [-0.25, -0.2) is 4.98 Å². The van der Waals surface area contributed by atoms with Crippen molar-refractivity contribution in [1.29, 1.82) is 0 Å². The molecule has 0 atom stereocenters. The number of hydrogen-bond acceptors (Lipinski definition) is 5. The molecule has 1 N–H and O–H groups in total. The number of nitrogens with zero attached hydrogens (tertiary/aromatic N) is 2. The van der Waals surface area contributed by atoms with Gasteiger partial charge in [-0.05, 0) is 38.1 Å². The molecular weight excluding hydrogens is 322 g/mol. The highest BCUT2D eigenvalue weighted by Crippen LogP contribution is 2.21. The Morgan fingerprint density at radius 1 is 1.33 bits per heavy atom. The van der Waals surface area contributed by atoms with Gasteiger partial charge in [0.05, 0.1) is 11.4 Å². The van der Waals surface area contributed by atoms with Crippen molar-refractivity contribution in [2.75, 3.05) is 25.9 Å². The molecule has 0 bridgehead atoms. The van der Waals surface area contributed by atoms with Crippen LogP contribution in [0.25, 0.3) is 11.5 Å². The smallest absolute Gasteiger partial charge is 0.232 e. The fourth-order valence-electron chi connectivity index (χ4n) is 2.83. The van der Waals surface area contributed by atoms with Crippen LogP contribution < -0.4 is 5.32 Å². The molecular formula is C18H23N3O2S. The molecule has 0 spiro atoms. The van der Waals surface area contributed by atoms with Gasteiger partial charge in [0.1, 0.15) is 6.26 Å². The van der Waals surface area contributed by atoms with Crippen LogP contribution in [0.2, 0.25) is 0 Å². The minimum absolute atomic E-state index is 0.193. The molecule has 6 heteroatoms. The maximum atomic E-state index is 12.3. The summed E-state index contributed by atoms with van der Waals surface area (Å²) in [6, 6.07) is 10.2. The zero-order chi connectivity index (χ0) is 16.8. The molecule has 0 aliphatic carbocycles. The van der Waals surface area contributed by atoms with Gasteiger partial charge >= 0.3 is 0 Å². The van der Waals surface area contributed by atoms with Crippen LogP contribution in [-0.4, -0.2) is 47.7 Å². The first-order valence-electron chi connectivity index (χ1n) is 8.28. The van der Waals surface area contributed by atoms with Crippen molar-refractivity contribution in [2.45, 2.75) is 24.6 Å². The fraction of sp³-hybridized carbons (Fsp3) is 0.444. The van der Waals surface area contributed by atoms with Crippen LogP contribution in [-0.2, 0) is 10.5 Å². The molecule has 0 saturated carbocycles. The Morgan fingerprint density at radius 3 is 2.83 bits per heavy atom. The third-order valence-corrected chi connectivity index (χ3v) is 5.25. The average molecular weight is 345 g/mol. The highest BCUT2D eigenvalue weighted by molar-refractivity contribution is 7.99. The van der Waals surface area contributed by atoms with Gasteiger partial charge in [-0.2, -0.15) is 0 Å². The fourth-order valence-corrected chi connectivity index (χ4v) is 3.65. The molecule has 0 unspecified atom stereocenters. The maximum absolute atomic E-state index is 12.3. The molecule has 1 fully saturated rings. The standard InChI is InChI=1S/C18H23N3O2S/c1-21(16-7-9-19-10-8-16)17(22)13-24-12-15-11-23-18(20-15)14-5-3-2-4-6-14/h2-6,11,16,19H,7-10,12-13H2,1H3. The number of aromatic nitrogens is 1. The zero-order valence-electron chi connectivity index (χ0n) is 13.9. The van der Waals surface area contributed by atoms with Gasteiger partial charge in [0.25, 0.3) is 0 Å². The number of oxazole rings is 1. The highest BCUT2D eigenvalue weighted by Gasteiger charge is 2.21. The van der Waals surface area contributed by atoms with E-state index in [4.69, 9.17) is 4.42 Å². The lowest BCUT2D eigenvalue weighted by Crippen LogP contribution is -2.44. The van der Waals surface area contributed by atoms with E-state index in [1.165, 1.54) is 0 Å². The summed E-state index contributed by atoms with van der Waals surface area (Å²) in [4.78, 5) is 18.7. The Bertz CT molecular complexity index is 653. The Kier molecular flexibility index (Phi) is 5.93. The Morgan fingerprint density at radius 2 is 2.08 bits per heavy atom. The van der Waals surface area contributed by atoms with Gasteiger partial charge in [-0.1, -0.05) is 18.2 Å². The van der Waals surface area contributed by atoms with Crippen molar-refractivity contribution >= 4 is 17.7 Å². The third-order valence-electron chi connectivity index (χ3n) is 4.30. The van der Waals surface area contributed by atoms with Crippen molar-refractivity contribution in [3.63, 3.8) is 0 Å². The Hall–Kier alpha value is -1.79. The molecule has 1 aliphatic rings. The molecule has 1 saturated heterocycles. The number of piperidine rings is 1. The van der Waals surface area contributed by atoms with Crippen molar-refractivity contribution in [3.05, 3.63) is 42.3 Å². The van der Waals surface area contributed by atoms with Crippen LogP contribution in [0, 0.1) is 0 Å². The normalized spacial score (nSPS) is 15.4. The van der Waals surface area contributed by atoms with Crippen LogP contribution in [0.3, 0.4) is 0 Å². The zero-order valence-corrected chi connectivity index (χ0v) is 14.7. The third kappa shape index (κ3) is 4.39. The minimum Gasteiger partial charge on any atom is -0.444 e. The van der Waals surface area contributed by atoms with E-state index >= 15 is 0 Å². The van der Waals surface area contributed by atoms with Crippen LogP contribution in [0.15, 0.2) is 41.0 Å². The molecule has 128 valence electrons. The monoisotopic (exact) mass is 345 g/mol. The first-order chi connectivity index (χ1) is 11.7. The van der Waals surface area contributed by atoms with Crippen molar-refractivity contribution in [3.8, 4) is 11.5 Å². The lowest BCUT2D eigenvalue weighted by atomic mass is 10.1. The first kappa shape index (κ1) is 17.0. The Balaban J connectivity index is 1.46. The molecule has 1 aromatic carbocycles. The number of rotatable bonds is 6. The summed E-state index contributed by atoms with van der Waals surface area (Å²) in [6.07, 6.45) is 3.75. The average Bonchev–Trinajstić information content (AvgIpc) is 3.11. The number of hydrogen-bond donors (Lipinski definition) is 1. The maximum Gasteiger partial charge on any atom is 0.232 e. The van der Waals surface area contributed by atoms with E-state index in [1.54, 1.807) is 18.0 Å². The number of benzene rings is 1. The van der Waals surface area contributed by atoms with Crippen LogP contribution in [0.4, 0.5) is 0 Å². The van der Waals surface area contributed by atoms with E-state index in [9.17, 15) is 4.79 Å². The number of thioether (sulfide) groups is 1. The quantitative estimate of drug-likeness (QED) is 0.872. The predicted octanol–water partition coefficient (Wildman–Crippen LogP) is 2.79. The number of carbonyl (C=O) groups is 1. The van der Waals surface area contributed by atoms with Crippen molar-refractivity contribution in [1.82, 2.24) is 15.2 Å². The lowest BCUT2D eigenvalue weighted by molar-refractivity contribution is -0.129. The molecule has 0 radical (unpaired) electrons. The van der Waals surface area contributed by atoms with Crippen LogP contribution in [0.5, 0.6) is 0 Å². The molecule has 24 heavy (non-hydrogen) atoms. The summed E-state index contributed by atoms with van der Waals surface area (Å²) in [5.41, 5.74) is 1.84. The summed E-state index contributed by atoms with van der Waals surface area (Å²) < 4.78 is 5.52. The van der Waals surface area contributed by atoms with Gasteiger partial charge in [0.15, 0.2) is 0 Å². The van der Waals surface area contributed by atoms with Gasteiger partial charge in [-0.3, -0.25) is 4.79 Å². The summed E-state index contributed by atoms with van der Waals surface area (Å²) in [5.74, 6) is 1.99. The second-order valence-electron chi connectivity index (χ2n) is 5.99. The minimum atomic E-state index is 0.193. The molecule has 5 nitrogen and oxygen atoms in total. The molecule has 1 amide bonds. The SMILES string of the molecule is CN(C(=O)CSCc1coc(-c2ccccc2)n1)C1CCNCC1. The van der Waals surface area contributed by atoms with Gasteiger partial charge < -0.3 is 14.6 Å². The van der Waals surface area contributed by atoms with Gasteiger partial charge in [-0.15, -0.1) is 11.8 Å².